The molecule has 0 aliphatic carbocycles. The minimum absolute atomic E-state index is 0.188. The predicted octanol–water partition coefficient (Wildman–Crippen LogP) is 0.884. The van der Waals surface area contributed by atoms with E-state index in [-0.39, 0.29) is 12.3 Å². The minimum Gasteiger partial charge on any atom is -0.464 e. The average molecular weight is 271 g/mol. The molecule has 0 aliphatic heterocycles. The van der Waals surface area contributed by atoms with E-state index < -0.39 is 5.97 Å². The maximum Gasteiger partial charge on any atom is 0.360 e. The molecule has 108 valence electrons. The van der Waals surface area contributed by atoms with E-state index in [1.165, 1.54) is 7.11 Å². The van der Waals surface area contributed by atoms with Gasteiger partial charge in [-0.05, 0) is 5.92 Å². The minimum atomic E-state index is -0.513. The van der Waals surface area contributed by atoms with Crippen molar-refractivity contribution in [3.05, 3.63) is 11.4 Å². The summed E-state index contributed by atoms with van der Waals surface area (Å²) in [5.74, 6) is -0.0266. The third-order valence-electron chi connectivity index (χ3n) is 2.40. The second-order valence-corrected chi connectivity index (χ2v) is 4.50. The summed E-state index contributed by atoms with van der Waals surface area (Å²) in [5.41, 5.74) is 0.788. The van der Waals surface area contributed by atoms with Crippen LogP contribution in [0.2, 0.25) is 0 Å². The van der Waals surface area contributed by atoms with Crippen LogP contribution in [-0.2, 0) is 27.4 Å². The molecular weight excluding hydrogens is 250 g/mol. The highest BCUT2D eigenvalue weighted by molar-refractivity contribution is 5.88. The van der Waals surface area contributed by atoms with E-state index >= 15 is 0 Å². The highest BCUT2D eigenvalue weighted by Crippen LogP contribution is 2.08. The number of rotatable bonds is 8. The second-order valence-electron chi connectivity index (χ2n) is 4.50. The lowest BCUT2D eigenvalue weighted by Crippen LogP contribution is -2.14. The molecule has 0 radical (unpaired) electrons. The molecule has 0 fully saturated rings. The zero-order chi connectivity index (χ0) is 14.3. The van der Waals surface area contributed by atoms with Gasteiger partial charge in [-0.3, -0.25) is 0 Å². The number of aromatic nitrogens is 3. The largest absolute Gasteiger partial charge is 0.464 e. The van der Waals surface area contributed by atoms with E-state index in [9.17, 15) is 4.79 Å². The maximum atomic E-state index is 11.5. The Bertz CT molecular complexity index is 404. The zero-order valence-electron chi connectivity index (χ0n) is 11.9. The fourth-order valence-electron chi connectivity index (χ4n) is 1.52. The molecule has 19 heavy (non-hydrogen) atoms. The van der Waals surface area contributed by atoms with Crippen molar-refractivity contribution in [1.82, 2.24) is 15.0 Å². The molecule has 0 saturated heterocycles. The Labute approximate surface area is 112 Å². The van der Waals surface area contributed by atoms with Crippen molar-refractivity contribution >= 4 is 5.97 Å². The first-order chi connectivity index (χ1) is 9.10. The van der Waals surface area contributed by atoms with Crippen molar-refractivity contribution in [3.8, 4) is 0 Å². The lowest BCUT2D eigenvalue weighted by Gasteiger charge is -2.09. The third kappa shape index (κ3) is 4.60. The van der Waals surface area contributed by atoms with Crippen LogP contribution in [-0.4, -0.2) is 48.4 Å². The van der Waals surface area contributed by atoms with Gasteiger partial charge in [0.05, 0.1) is 32.6 Å². The number of esters is 1. The fourth-order valence-corrected chi connectivity index (χ4v) is 1.52. The molecule has 7 heteroatoms. The smallest absolute Gasteiger partial charge is 0.360 e. The molecule has 0 saturated carbocycles. The summed E-state index contributed by atoms with van der Waals surface area (Å²) in [7, 11) is 2.86. The van der Waals surface area contributed by atoms with Crippen LogP contribution >= 0.6 is 0 Å². The average Bonchev–Trinajstić information content (AvgIpc) is 2.77. The summed E-state index contributed by atoms with van der Waals surface area (Å²) in [6, 6.07) is 0. The molecule has 0 atom stereocenters. The Hall–Kier alpha value is -1.47. The molecule has 1 aromatic rings. The number of carbonyl (C=O) groups is 1. The molecule has 7 nitrogen and oxygen atoms in total. The van der Waals surface area contributed by atoms with Gasteiger partial charge in [0, 0.05) is 13.7 Å². The lowest BCUT2D eigenvalue weighted by atomic mass is 10.2. The van der Waals surface area contributed by atoms with Gasteiger partial charge in [0.25, 0.3) is 0 Å². The second kappa shape index (κ2) is 7.85. The van der Waals surface area contributed by atoms with Crippen LogP contribution in [0.3, 0.4) is 0 Å². The Morgan fingerprint density at radius 3 is 2.68 bits per heavy atom. The van der Waals surface area contributed by atoms with Crippen LogP contribution in [0.5, 0.6) is 0 Å². The molecule has 0 aromatic carbocycles. The van der Waals surface area contributed by atoms with E-state index in [1.807, 2.05) is 0 Å². The van der Waals surface area contributed by atoms with Crippen LogP contribution in [0.25, 0.3) is 0 Å². The first-order valence-corrected chi connectivity index (χ1v) is 6.17. The number of ether oxygens (including phenoxy) is 3. The van der Waals surface area contributed by atoms with Gasteiger partial charge in [0.2, 0.25) is 0 Å². The molecule has 0 bridgehead atoms. The van der Waals surface area contributed by atoms with E-state index in [0.717, 1.165) is 0 Å². The molecule has 0 spiro atoms. The van der Waals surface area contributed by atoms with Crippen molar-refractivity contribution in [2.45, 2.75) is 27.0 Å². The van der Waals surface area contributed by atoms with Crippen LogP contribution in [0, 0.1) is 5.92 Å². The number of nitrogens with zero attached hydrogens (tertiary/aromatic N) is 3. The summed E-state index contributed by atoms with van der Waals surface area (Å²) >= 11 is 0. The highest BCUT2D eigenvalue weighted by Gasteiger charge is 2.19. The SMILES string of the molecule is COCc1c(C(=O)OC)nnn1CCOCC(C)C. The molecule has 0 unspecified atom stereocenters. The van der Waals surface area contributed by atoms with Crippen LogP contribution in [0.1, 0.15) is 30.0 Å². The third-order valence-corrected chi connectivity index (χ3v) is 2.40. The van der Waals surface area contributed by atoms with E-state index in [2.05, 4.69) is 28.9 Å². The molecule has 0 amide bonds. The van der Waals surface area contributed by atoms with E-state index in [1.54, 1.807) is 11.8 Å². The quantitative estimate of drug-likeness (QED) is 0.516. The monoisotopic (exact) mass is 271 g/mol. The number of hydrogen-bond donors (Lipinski definition) is 0. The highest BCUT2D eigenvalue weighted by atomic mass is 16.5. The molecule has 1 rings (SSSR count). The summed E-state index contributed by atoms with van der Waals surface area (Å²) in [6.07, 6.45) is 0. The summed E-state index contributed by atoms with van der Waals surface area (Å²) in [6.45, 7) is 6.15. The van der Waals surface area contributed by atoms with Crippen LogP contribution in [0.15, 0.2) is 0 Å². The summed E-state index contributed by atoms with van der Waals surface area (Å²) in [4.78, 5) is 11.5. The van der Waals surface area contributed by atoms with Gasteiger partial charge >= 0.3 is 5.97 Å². The molecular formula is C12H21N3O4. The van der Waals surface area contributed by atoms with Gasteiger partial charge in [0.15, 0.2) is 5.69 Å². The molecule has 1 heterocycles. The lowest BCUT2D eigenvalue weighted by molar-refractivity contribution is 0.0587. The normalized spacial score (nSPS) is 11.0. The van der Waals surface area contributed by atoms with Crippen LogP contribution < -0.4 is 0 Å². The first kappa shape index (κ1) is 15.6. The van der Waals surface area contributed by atoms with Gasteiger partial charge in [-0.1, -0.05) is 19.1 Å². The van der Waals surface area contributed by atoms with E-state index in [0.29, 0.717) is 31.4 Å². The topological polar surface area (TPSA) is 75.5 Å². The first-order valence-electron chi connectivity index (χ1n) is 6.17. The fraction of sp³-hybridized carbons (Fsp3) is 0.750. The zero-order valence-corrected chi connectivity index (χ0v) is 11.9. The molecule has 0 N–H and O–H groups in total. The number of methoxy groups -OCH3 is 2. The predicted molar refractivity (Wildman–Crippen MR) is 67.7 cm³/mol. The van der Waals surface area contributed by atoms with Gasteiger partial charge in [-0.2, -0.15) is 0 Å². The van der Waals surface area contributed by atoms with Gasteiger partial charge in [-0.25, -0.2) is 9.48 Å². The maximum absolute atomic E-state index is 11.5. The molecule has 1 aromatic heterocycles. The Morgan fingerprint density at radius 1 is 1.37 bits per heavy atom. The van der Waals surface area contributed by atoms with Gasteiger partial charge in [-0.15, -0.1) is 5.10 Å². The van der Waals surface area contributed by atoms with Crippen molar-refractivity contribution in [3.63, 3.8) is 0 Å². The van der Waals surface area contributed by atoms with Crippen molar-refractivity contribution in [1.29, 1.82) is 0 Å². The molecule has 0 aliphatic rings. The van der Waals surface area contributed by atoms with E-state index in [4.69, 9.17) is 9.47 Å². The number of hydrogen-bond acceptors (Lipinski definition) is 6. The van der Waals surface area contributed by atoms with Crippen LogP contribution in [0.4, 0.5) is 0 Å². The standard InChI is InChI=1S/C12H21N3O4/c1-9(2)7-19-6-5-15-10(8-17-3)11(13-14-15)12(16)18-4/h9H,5-8H2,1-4H3. The summed E-state index contributed by atoms with van der Waals surface area (Å²) < 4.78 is 16.8. The Balaban J connectivity index is 2.66. The van der Waals surface area contributed by atoms with Crippen molar-refractivity contribution < 1.29 is 19.0 Å². The van der Waals surface area contributed by atoms with Crippen molar-refractivity contribution in [2.75, 3.05) is 27.4 Å². The Kier molecular flexibility index (Phi) is 6.44. The van der Waals surface area contributed by atoms with Gasteiger partial charge < -0.3 is 14.2 Å². The van der Waals surface area contributed by atoms with Gasteiger partial charge in [0.1, 0.15) is 0 Å². The Morgan fingerprint density at radius 2 is 2.11 bits per heavy atom. The summed E-state index contributed by atoms with van der Waals surface area (Å²) in [5, 5.41) is 7.75. The van der Waals surface area contributed by atoms with Crippen molar-refractivity contribution in [2.24, 2.45) is 5.92 Å². The number of carbonyl (C=O) groups excluding carboxylic acids is 1.